The van der Waals surface area contributed by atoms with Gasteiger partial charge in [-0.15, -0.1) is 0 Å². The third-order valence-corrected chi connectivity index (χ3v) is 2.22. The van der Waals surface area contributed by atoms with Gasteiger partial charge in [0.1, 0.15) is 6.10 Å². The van der Waals surface area contributed by atoms with E-state index in [0.29, 0.717) is 6.42 Å². The molecule has 5 nitrogen and oxygen atoms in total. The van der Waals surface area contributed by atoms with E-state index in [4.69, 9.17) is 16.2 Å². The third kappa shape index (κ3) is 3.88. The Bertz CT molecular complexity index is 329. The molecule has 1 aromatic rings. The van der Waals surface area contributed by atoms with Crippen LogP contribution in [-0.2, 0) is 11.2 Å². The Balaban J connectivity index is 2.55. The van der Waals surface area contributed by atoms with Gasteiger partial charge >= 0.3 is 6.09 Å². The maximum absolute atomic E-state index is 10.6. The van der Waals surface area contributed by atoms with Gasteiger partial charge in [-0.2, -0.15) is 0 Å². The number of benzene rings is 1. The summed E-state index contributed by atoms with van der Waals surface area (Å²) in [6, 6.07) is 9.38. The summed E-state index contributed by atoms with van der Waals surface area (Å²) >= 11 is 0. The molecule has 0 saturated carbocycles. The fourth-order valence-electron chi connectivity index (χ4n) is 1.42. The average Bonchev–Trinajstić information content (AvgIpc) is 2.26. The Labute approximate surface area is 94.0 Å². The highest BCUT2D eigenvalue weighted by molar-refractivity contribution is 5.64. The lowest BCUT2D eigenvalue weighted by Crippen LogP contribution is -2.40. The lowest BCUT2D eigenvalue weighted by atomic mass is 10.0. The fourth-order valence-corrected chi connectivity index (χ4v) is 1.42. The van der Waals surface area contributed by atoms with Crippen LogP contribution >= 0.6 is 0 Å². The summed E-state index contributed by atoms with van der Waals surface area (Å²) in [7, 11) is 0. The summed E-state index contributed by atoms with van der Waals surface area (Å²) in [4.78, 5) is 10.6. The van der Waals surface area contributed by atoms with Gasteiger partial charge < -0.3 is 21.3 Å². The number of ether oxygens (including phenoxy) is 1. The Kier molecular flexibility index (Phi) is 4.75. The zero-order valence-electron chi connectivity index (χ0n) is 8.87. The van der Waals surface area contributed by atoms with Crippen molar-refractivity contribution in [2.24, 2.45) is 11.5 Å². The van der Waals surface area contributed by atoms with E-state index in [1.54, 1.807) is 0 Å². The fraction of sp³-hybridized carbons (Fsp3) is 0.364. The molecular formula is C11H16N2O3. The maximum atomic E-state index is 10.6. The predicted molar refractivity (Wildman–Crippen MR) is 59.7 cm³/mol. The monoisotopic (exact) mass is 224 g/mol. The van der Waals surface area contributed by atoms with Crippen molar-refractivity contribution in [2.75, 3.05) is 6.54 Å². The van der Waals surface area contributed by atoms with Crippen LogP contribution in [-0.4, -0.2) is 30.0 Å². The van der Waals surface area contributed by atoms with Crippen LogP contribution in [0.5, 0.6) is 0 Å². The van der Waals surface area contributed by atoms with Crippen LogP contribution < -0.4 is 11.5 Å². The number of hydrogen-bond donors (Lipinski definition) is 3. The molecule has 5 heteroatoms. The van der Waals surface area contributed by atoms with Gasteiger partial charge in [-0.1, -0.05) is 30.3 Å². The third-order valence-electron chi connectivity index (χ3n) is 2.22. The maximum Gasteiger partial charge on any atom is 0.404 e. The van der Waals surface area contributed by atoms with Crippen LogP contribution in [0.15, 0.2) is 30.3 Å². The zero-order chi connectivity index (χ0) is 12.0. The Morgan fingerprint density at radius 2 is 2.00 bits per heavy atom. The van der Waals surface area contributed by atoms with E-state index in [-0.39, 0.29) is 6.54 Å². The largest absolute Gasteiger partial charge is 0.442 e. The van der Waals surface area contributed by atoms with E-state index in [0.717, 1.165) is 5.56 Å². The van der Waals surface area contributed by atoms with E-state index in [2.05, 4.69) is 0 Å². The van der Waals surface area contributed by atoms with Crippen LogP contribution in [0.4, 0.5) is 4.79 Å². The van der Waals surface area contributed by atoms with Crippen molar-refractivity contribution in [1.82, 2.24) is 0 Å². The second-order valence-corrected chi connectivity index (χ2v) is 3.47. The van der Waals surface area contributed by atoms with E-state index in [1.165, 1.54) is 0 Å². The lowest BCUT2D eigenvalue weighted by molar-refractivity contribution is 0.0118. The highest BCUT2D eigenvalue weighted by atomic mass is 16.6. The first kappa shape index (κ1) is 12.5. The molecule has 0 heterocycles. The lowest BCUT2D eigenvalue weighted by Gasteiger charge is -2.20. The van der Waals surface area contributed by atoms with Crippen molar-refractivity contribution in [2.45, 2.75) is 18.6 Å². The van der Waals surface area contributed by atoms with Crippen LogP contribution in [0.2, 0.25) is 0 Å². The molecule has 0 spiro atoms. The van der Waals surface area contributed by atoms with Gasteiger partial charge in [0.05, 0.1) is 6.10 Å². The second-order valence-electron chi connectivity index (χ2n) is 3.47. The Morgan fingerprint density at radius 1 is 1.38 bits per heavy atom. The molecule has 2 atom stereocenters. The topological polar surface area (TPSA) is 98.6 Å². The molecule has 88 valence electrons. The molecule has 5 N–H and O–H groups in total. The van der Waals surface area contributed by atoms with Crippen molar-refractivity contribution in [1.29, 1.82) is 0 Å². The van der Waals surface area contributed by atoms with Gasteiger partial charge in [-0.25, -0.2) is 4.79 Å². The number of nitrogens with two attached hydrogens (primary N) is 2. The standard InChI is InChI=1S/C11H16N2O3/c12-7-10(16-11(13)15)9(14)6-8-4-2-1-3-5-8/h1-5,9-10,14H,6-7,12H2,(H2,13,15). The Hall–Kier alpha value is -1.59. The van der Waals surface area contributed by atoms with Gasteiger partial charge in [-0.05, 0) is 5.56 Å². The first-order valence-electron chi connectivity index (χ1n) is 5.01. The summed E-state index contributed by atoms with van der Waals surface area (Å²) in [5, 5.41) is 9.80. The quantitative estimate of drug-likeness (QED) is 0.656. The predicted octanol–water partition coefficient (Wildman–Crippen LogP) is 0.0126. The molecule has 0 saturated heterocycles. The molecule has 0 aliphatic carbocycles. The van der Waals surface area contributed by atoms with E-state index in [1.807, 2.05) is 30.3 Å². The number of carbonyl (C=O) groups excluding carboxylic acids is 1. The molecule has 0 aromatic heterocycles. The molecule has 0 radical (unpaired) electrons. The second kappa shape index (κ2) is 6.09. The van der Waals surface area contributed by atoms with Crippen molar-refractivity contribution >= 4 is 6.09 Å². The smallest absolute Gasteiger partial charge is 0.404 e. The number of hydrogen-bond acceptors (Lipinski definition) is 4. The number of amides is 1. The first-order valence-corrected chi connectivity index (χ1v) is 5.01. The highest BCUT2D eigenvalue weighted by Gasteiger charge is 2.21. The van der Waals surface area contributed by atoms with Gasteiger partial charge in [0.25, 0.3) is 0 Å². The molecular weight excluding hydrogens is 208 g/mol. The normalized spacial score (nSPS) is 14.1. The van der Waals surface area contributed by atoms with Gasteiger partial charge in [-0.3, -0.25) is 0 Å². The number of primary amides is 1. The van der Waals surface area contributed by atoms with Crippen molar-refractivity contribution in [3.8, 4) is 0 Å². The first-order chi connectivity index (χ1) is 7.63. The molecule has 1 amide bonds. The van der Waals surface area contributed by atoms with Crippen molar-refractivity contribution in [3.63, 3.8) is 0 Å². The SMILES string of the molecule is NCC(OC(N)=O)C(O)Cc1ccccc1. The molecule has 2 unspecified atom stereocenters. The number of aliphatic hydroxyl groups is 1. The highest BCUT2D eigenvalue weighted by Crippen LogP contribution is 2.07. The summed E-state index contributed by atoms with van der Waals surface area (Å²) in [5.41, 5.74) is 11.2. The van der Waals surface area contributed by atoms with Crippen LogP contribution in [0.1, 0.15) is 5.56 Å². The number of aliphatic hydroxyl groups excluding tert-OH is 1. The Morgan fingerprint density at radius 3 is 2.50 bits per heavy atom. The number of rotatable bonds is 5. The van der Waals surface area contributed by atoms with Crippen LogP contribution in [0.25, 0.3) is 0 Å². The molecule has 0 fully saturated rings. The molecule has 16 heavy (non-hydrogen) atoms. The minimum Gasteiger partial charge on any atom is -0.442 e. The van der Waals surface area contributed by atoms with E-state index in [9.17, 15) is 9.90 Å². The van der Waals surface area contributed by atoms with Gasteiger partial charge in [0, 0.05) is 13.0 Å². The summed E-state index contributed by atoms with van der Waals surface area (Å²) in [6.07, 6.45) is -2.17. The summed E-state index contributed by atoms with van der Waals surface area (Å²) in [5.74, 6) is 0. The average molecular weight is 224 g/mol. The molecule has 0 aliphatic rings. The number of carbonyl (C=O) groups is 1. The van der Waals surface area contributed by atoms with E-state index < -0.39 is 18.3 Å². The van der Waals surface area contributed by atoms with Crippen LogP contribution in [0.3, 0.4) is 0 Å². The van der Waals surface area contributed by atoms with Crippen molar-refractivity contribution in [3.05, 3.63) is 35.9 Å². The summed E-state index contributed by atoms with van der Waals surface area (Å²) in [6.45, 7) is 0.0386. The van der Waals surface area contributed by atoms with Gasteiger partial charge in [0.15, 0.2) is 0 Å². The van der Waals surface area contributed by atoms with Crippen molar-refractivity contribution < 1.29 is 14.6 Å². The molecule has 1 aromatic carbocycles. The molecule has 0 aliphatic heterocycles. The van der Waals surface area contributed by atoms with Gasteiger partial charge in [0.2, 0.25) is 0 Å². The minimum atomic E-state index is -0.928. The van der Waals surface area contributed by atoms with Crippen LogP contribution in [0, 0.1) is 0 Å². The summed E-state index contributed by atoms with van der Waals surface area (Å²) < 4.78 is 4.70. The minimum absolute atomic E-state index is 0.0386. The van der Waals surface area contributed by atoms with E-state index >= 15 is 0 Å². The molecule has 0 bridgehead atoms. The zero-order valence-corrected chi connectivity index (χ0v) is 8.87. The molecule has 1 rings (SSSR count).